The van der Waals surface area contributed by atoms with E-state index in [9.17, 15) is 4.39 Å². The summed E-state index contributed by atoms with van der Waals surface area (Å²) in [5.41, 5.74) is 1.44. The molecule has 0 radical (unpaired) electrons. The number of aromatic amines is 1. The van der Waals surface area contributed by atoms with Gasteiger partial charge in [-0.3, -0.25) is 9.91 Å². The van der Waals surface area contributed by atoms with E-state index in [0.717, 1.165) is 47.9 Å². The minimum atomic E-state index is -0.289. The Hall–Kier alpha value is -2.30. The average molecular weight is 447 g/mol. The maximum absolute atomic E-state index is 13.5. The smallest absolute Gasteiger partial charge is 0.192 e. The van der Waals surface area contributed by atoms with E-state index in [1.807, 2.05) is 10.9 Å². The fourth-order valence-electron chi connectivity index (χ4n) is 3.74. The van der Waals surface area contributed by atoms with Crippen molar-refractivity contribution >= 4 is 33.2 Å². The molecule has 4 heterocycles. The van der Waals surface area contributed by atoms with E-state index in [1.54, 1.807) is 12.3 Å². The van der Waals surface area contributed by atoms with Gasteiger partial charge < -0.3 is 9.88 Å². The van der Waals surface area contributed by atoms with Gasteiger partial charge in [-0.2, -0.15) is 0 Å². The number of nitrogens with zero attached hydrogens (tertiary/aromatic N) is 7. The molecule has 0 amide bonds. The number of piperazine rings is 1. The number of H-pyrrole nitrogens is 1. The molecule has 1 N–H and O–H groups in total. The molecule has 1 unspecified atom stereocenters. The van der Waals surface area contributed by atoms with Crippen LogP contribution in [-0.2, 0) is 6.54 Å². The number of hydrogen-bond donors (Lipinski definition) is 1. The zero-order valence-corrected chi connectivity index (χ0v) is 17.0. The van der Waals surface area contributed by atoms with Gasteiger partial charge in [-0.1, -0.05) is 0 Å². The molecule has 1 saturated heterocycles. The van der Waals surface area contributed by atoms with Crippen molar-refractivity contribution in [1.82, 2.24) is 29.4 Å². The number of aromatic nitrogens is 4. The van der Waals surface area contributed by atoms with Crippen molar-refractivity contribution in [2.24, 2.45) is 4.99 Å². The van der Waals surface area contributed by atoms with Crippen LogP contribution in [0.2, 0.25) is 0 Å². The molecule has 10 heteroatoms. The summed E-state index contributed by atoms with van der Waals surface area (Å²) in [6.45, 7) is 4.36. The van der Waals surface area contributed by atoms with E-state index in [1.165, 1.54) is 12.1 Å². The standard InChI is InChI=1S/C18H20BrFN8/c1-25-4-6-26(7-5-25)18-22-10-17-21-9-15(19)28(17)27(18)11-16-23-13-3-2-12(20)8-14(13)24-16/h2-3,8-10,18H,4-7,11H2,1H3,(H,23,24). The van der Waals surface area contributed by atoms with Crippen LogP contribution in [-0.4, -0.2) is 75.2 Å². The Morgan fingerprint density at radius 1 is 1.25 bits per heavy atom. The summed E-state index contributed by atoms with van der Waals surface area (Å²) in [5.74, 6) is 1.23. The van der Waals surface area contributed by atoms with Crippen molar-refractivity contribution in [3.63, 3.8) is 0 Å². The Kier molecular flexibility index (Phi) is 4.41. The second kappa shape index (κ2) is 6.94. The number of halogens is 2. The largest absolute Gasteiger partial charge is 0.340 e. The van der Waals surface area contributed by atoms with Gasteiger partial charge in [-0.15, -0.1) is 0 Å². The molecule has 1 fully saturated rings. The number of hydrogen-bond acceptors (Lipinski definition) is 6. The summed E-state index contributed by atoms with van der Waals surface area (Å²) in [6.07, 6.45) is 3.43. The van der Waals surface area contributed by atoms with Gasteiger partial charge in [-0.25, -0.2) is 24.0 Å². The first kappa shape index (κ1) is 17.8. The third-order valence-electron chi connectivity index (χ3n) is 5.24. The molecule has 0 aliphatic carbocycles. The molecule has 2 aromatic heterocycles. The van der Waals surface area contributed by atoms with Crippen LogP contribution in [0.25, 0.3) is 11.0 Å². The zero-order chi connectivity index (χ0) is 19.3. The first-order valence-electron chi connectivity index (χ1n) is 9.18. The molecule has 146 valence electrons. The molecule has 28 heavy (non-hydrogen) atoms. The number of benzene rings is 1. The highest BCUT2D eigenvalue weighted by Gasteiger charge is 2.32. The lowest BCUT2D eigenvalue weighted by atomic mass is 10.3. The molecule has 0 saturated carbocycles. The van der Waals surface area contributed by atoms with Crippen LogP contribution in [0.4, 0.5) is 4.39 Å². The molecular formula is C18H20BrFN8. The number of nitrogens with one attached hydrogen (secondary N) is 1. The molecule has 0 bridgehead atoms. The molecule has 1 aromatic carbocycles. The molecule has 8 nitrogen and oxygen atoms in total. The number of rotatable bonds is 3. The fourth-order valence-corrected chi connectivity index (χ4v) is 4.23. The second-order valence-electron chi connectivity index (χ2n) is 7.16. The van der Waals surface area contributed by atoms with E-state index in [0.29, 0.717) is 12.1 Å². The lowest BCUT2D eigenvalue weighted by Gasteiger charge is -2.43. The van der Waals surface area contributed by atoms with Crippen molar-refractivity contribution in [3.05, 3.63) is 46.5 Å². The molecule has 2 aliphatic heterocycles. The summed E-state index contributed by atoms with van der Waals surface area (Å²) < 4.78 is 16.4. The molecule has 0 spiro atoms. The van der Waals surface area contributed by atoms with E-state index in [2.05, 4.69) is 52.7 Å². The third-order valence-corrected chi connectivity index (χ3v) is 5.78. The normalized spacial score (nSPS) is 20.8. The van der Waals surface area contributed by atoms with Gasteiger partial charge in [0, 0.05) is 32.2 Å². The summed E-state index contributed by atoms with van der Waals surface area (Å²) in [7, 11) is 2.14. The zero-order valence-electron chi connectivity index (χ0n) is 15.4. The van der Waals surface area contributed by atoms with Crippen LogP contribution < -0.4 is 5.01 Å². The summed E-state index contributed by atoms with van der Waals surface area (Å²) in [6, 6.07) is 4.60. The minimum absolute atomic E-state index is 0.156. The van der Waals surface area contributed by atoms with E-state index >= 15 is 0 Å². The number of likely N-dealkylation sites (N-methyl/N-ethyl adjacent to an activating group) is 1. The topological polar surface area (TPSA) is 68.6 Å². The Balaban J connectivity index is 1.50. The molecule has 3 aromatic rings. The van der Waals surface area contributed by atoms with Crippen LogP contribution in [0, 0.1) is 5.82 Å². The summed E-state index contributed by atoms with van der Waals surface area (Å²) in [4.78, 5) is 21.7. The van der Waals surface area contributed by atoms with Gasteiger partial charge >= 0.3 is 0 Å². The highest BCUT2D eigenvalue weighted by atomic mass is 79.9. The Morgan fingerprint density at radius 2 is 2.07 bits per heavy atom. The maximum atomic E-state index is 13.5. The van der Waals surface area contributed by atoms with Crippen LogP contribution in [0.1, 0.15) is 11.6 Å². The molecule has 1 atom stereocenters. The first-order valence-corrected chi connectivity index (χ1v) is 9.98. The predicted molar refractivity (Wildman–Crippen MR) is 108 cm³/mol. The summed E-state index contributed by atoms with van der Waals surface area (Å²) >= 11 is 3.60. The SMILES string of the molecule is CN1CCN(C2N=Cc3ncc(Br)n3N2Cc2nc3cc(F)ccc3[nH]2)CC1. The first-order chi connectivity index (χ1) is 13.6. The van der Waals surface area contributed by atoms with E-state index in [-0.39, 0.29) is 12.1 Å². The Labute approximate surface area is 169 Å². The van der Waals surface area contributed by atoms with Gasteiger partial charge in [0.05, 0.1) is 30.0 Å². The van der Waals surface area contributed by atoms with Crippen LogP contribution in [0.5, 0.6) is 0 Å². The third kappa shape index (κ3) is 3.11. The Morgan fingerprint density at radius 3 is 2.89 bits per heavy atom. The monoisotopic (exact) mass is 446 g/mol. The average Bonchev–Trinajstić information content (AvgIpc) is 3.25. The van der Waals surface area contributed by atoms with Crippen molar-refractivity contribution in [2.75, 3.05) is 38.2 Å². The predicted octanol–water partition coefficient (Wildman–Crippen LogP) is 1.76. The van der Waals surface area contributed by atoms with Gasteiger partial charge in [0.1, 0.15) is 16.2 Å². The van der Waals surface area contributed by atoms with Gasteiger partial charge in [-0.05, 0) is 35.1 Å². The fraction of sp³-hybridized carbons (Fsp3) is 0.389. The highest BCUT2D eigenvalue weighted by molar-refractivity contribution is 9.10. The number of fused-ring (bicyclic) bond motifs is 2. The molecule has 2 aliphatic rings. The van der Waals surface area contributed by atoms with Crippen LogP contribution >= 0.6 is 15.9 Å². The van der Waals surface area contributed by atoms with Gasteiger partial charge in [0.2, 0.25) is 0 Å². The van der Waals surface area contributed by atoms with Gasteiger partial charge in [0.15, 0.2) is 12.1 Å². The highest BCUT2D eigenvalue weighted by Crippen LogP contribution is 2.23. The molecule has 5 rings (SSSR count). The van der Waals surface area contributed by atoms with E-state index in [4.69, 9.17) is 4.99 Å². The quantitative estimate of drug-likeness (QED) is 0.663. The van der Waals surface area contributed by atoms with Crippen molar-refractivity contribution in [3.8, 4) is 0 Å². The second-order valence-corrected chi connectivity index (χ2v) is 7.97. The van der Waals surface area contributed by atoms with E-state index < -0.39 is 0 Å². The van der Waals surface area contributed by atoms with Crippen LogP contribution in [0.15, 0.2) is 34.0 Å². The van der Waals surface area contributed by atoms with Crippen molar-refractivity contribution in [1.29, 1.82) is 0 Å². The van der Waals surface area contributed by atoms with Crippen molar-refractivity contribution < 1.29 is 4.39 Å². The van der Waals surface area contributed by atoms with Crippen LogP contribution in [0.3, 0.4) is 0 Å². The minimum Gasteiger partial charge on any atom is -0.340 e. The molecular weight excluding hydrogens is 427 g/mol. The number of imidazole rings is 2. The summed E-state index contributed by atoms with van der Waals surface area (Å²) in [5, 5.41) is 2.13. The van der Waals surface area contributed by atoms with Crippen molar-refractivity contribution in [2.45, 2.75) is 12.8 Å². The Bertz CT molecular complexity index is 1040. The van der Waals surface area contributed by atoms with Gasteiger partial charge in [0.25, 0.3) is 0 Å². The lowest BCUT2D eigenvalue weighted by molar-refractivity contribution is 0.0973. The lowest BCUT2D eigenvalue weighted by Crippen LogP contribution is -2.59. The number of aliphatic imine (C=N–C) groups is 1. The maximum Gasteiger partial charge on any atom is 0.192 e.